The quantitative estimate of drug-likeness (QED) is 0.123. The maximum Gasteiger partial charge on any atom is 1.00 e. The van der Waals surface area contributed by atoms with E-state index in [1.165, 1.54) is 109 Å². The third kappa shape index (κ3) is 27.9. The first kappa shape index (κ1) is 36.4. The van der Waals surface area contributed by atoms with Crippen molar-refractivity contribution >= 4 is 11.9 Å². The van der Waals surface area contributed by atoms with Crippen molar-refractivity contribution in [1.82, 2.24) is 0 Å². The maximum absolute atomic E-state index is 10.8. The van der Waals surface area contributed by atoms with Crippen molar-refractivity contribution in [1.29, 1.82) is 0 Å². The van der Waals surface area contributed by atoms with Crippen molar-refractivity contribution in [2.45, 2.75) is 135 Å². The van der Waals surface area contributed by atoms with Crippen LogP contribution in [0.3, 0.4) is 0 Å². The van der Waals surface area contributed by atoms with Crippen molar-refractivity contribution in [3.63, 3.8) is 0 Å². The van der Waals surface area contributed by atoms with Crippen LogP contribution < -0.4 is 47.9 Å². The second-order valence-corrected chi connectivity index (χ2v) is 8.73. The van der Waals surface area contributed by atoms with Gasteiger partial charge in [0.1, 0.15) is 0 Å². The third-order valence-electron chi connectivity index (χ3n) is 5.78. The van der Waals surface area contributed by atoms with Gasteiger partial charge in [-0.1, -0.05) is 128 Å². The van der Waals surface area contributed by atoms with Crippen LogP contribution in [-0.2, 0) is 9.59 Å². The van der Waals surface area contributed by atoms with Gasteiger partial charge in [0.25, 0.3) is 0 Å². The molecule has 0 N–H and O–H groups in total. The van der Waals surface area contributed by atoms with Gasteiger partial charge >= 0.3 is 37.7 Å². The first-order valence-corrected chi connectivity index (χ1v) is 12.6. The zero-order valence-electron chi connectivity index (χ0n) is 21.5. The van der Waals surface area contributed by atoms with E-state index in [1.807, 2.05) is 0 Å². The van der Waals surface area contributed by atoms with Crippen molar-refractivity contribution in [3.8, 4) is 0 Å². The minimum atomic E-state index is -1.36. The summed E-state index contributed by atoms with van der Waals surface area (Å²) in [7, 11) is 0. The Bertz CT molecular complexity index is 442. The van der Waals surface area contributed by atoms with Gasteiger partial charge in [-0.15, -0.1) is 0 Å². The van der Waals surface area contributed by atoms with Gasteiger partial charge in [-0.3, -0.25) is 0 Å². The van der Waals surface area contributed by atoms with Crippen LogP contribution in [0.5, 0.6) is 0 Å². The molecule has 0 aromatic heterocycles. The molecule has 6 heteroatoms. The molecule has 0 radical (unpaired) electrons. The molecule has 0 aliphatic rings. The van der Waals surface area contributed by atoms with Crippen LogP contribution >= 0.6 is 0 Å². The zero-order valence-corrected chi connectivity index (χ0v) is 21.5. The molecule has 0 aromatic carbocycles. The Hall–Kier alpha value is -0.125. The van der Waals surface area contributed by atoms with Gasteiger partial charge < -0.3 is 19.8 Å². The monoisotopic (exact) mass is 436 g/mol. The normalized spacial score (nSPS) is 11.7. The van der Waals surface area contributed by atoms with Crippen LogP contribution in [0.15, 0.2) is 12.2 Å². The molecule has 0 spiro atoms. The Morgan fingerprint density at radius 1 is 0.625 bits per heavy atom. The molecular weight excluding hydrogens is 390 g/mol. The molecule has 1 atom stereocenters. The van der Waals surface area contributed by atoms with Crippen molar-refractivity contribution < 1.29 is 57.5 Å². The summed E-state index contributed by atoms with van der Waals surface area (Å²) >= 11 is 0. The van der Waals surface area contributed by atoms with Gasteiger partial charge in [0.2, 0.25) is 0 Å². The summed E-state index contributed by atoms with van der Waals surface area (Å²) in [6.07, 6.45) is 27.6. The van der Waals surface area contributed by atoms with E-state index in [0.717, 1.165) is 19.3 Å². The second kappa shape index (κ2) is 28.9. The molecule has 0 aliphatic carbocycles. The summed E-state index contributed by atoms with van der Waals surface area (Å²) in [5.74, 6) is -3.79. The van der Waals surface area contributed by atoms with Gasteiger partial charge in [0.15, 0.2) is 0 Å². The molecule has 32 heavy (non-hydrogen) atoms. The van der Waals surface area contributed by atoms with Crippen molar-refractivity contribution in [2.24, 2.45) is 5.92 Å². The molecule has 0 saturated heterocycles. The Balaban J connectivity index is -0.00000420. The van der Waals surface area contributed by atoms with Gasteiger partial charge in [-0.25, -0.2) is 0 Å². The first-order chi connectivity index (χ1) is 14.6. The number of hydrogen-bond donors (Lipinski definition) is 0. The van der Waals surface area contributed by atoms with Gasteiger partial charge in [-0.05, 0) is 19.3 Å². The Kier molecular flexibility index (Phi) is 32.9. The SMILES string of the molecule is CCCCCCCCCCCCCCCCCCCC/C=C/C(CC(=O)[O-])C(=O)[O-].[Li+].[Li+]. The number of allylic oxidation sites excluding steroid dienone is 1. The smallest absolute Gasteiger partial charge is 0.550 e. The molecule has 0 rings (SSSR count). The number of carboxylic acid groups (broad SMARTS) is 2. The third-order valence-corrected chi connectivity index (χ3v) is 5.78. The second-order valence-electron chi connectivity index (χ2n) is 8.73. The van der Waals surface area contributed by atoms with Crippen molar-refractivity contribution in [3.05, 3.63) is 12.2 Å². The molecule has 176 valence electrons. The average Bonchev–Trinajstić information content (AvgIpc) is 2.71. The number of carboxylic acids is 2. The number of hydrogen-bond acceptors (Lipinski definition) is 4. The van der Waals surface area contributed by atoms with E-state index in [4.69, 9.17) is 0 Å². The van der Waals surface area contributed by atoms with E-state index in [1.54, 1.807) is 6.08 Å². The fourth-order valence-corrected chi connectivity index (χ4v) is 3.83. The van der Waals surface area contributed by atoms with E-state index < -0.39 is 24.3 Å². The van der Waals surface area contributed by atoms with E-state index >= 15 is 0 Å². The number of carbonyl (C=O) groups excluding carboxylic acids is 2. The molecule has 0 amide bonds. The zero-order chi connectivity index (χ0) is 22.3. The standard InChI is InChI=1S/C26H48O4.2Li/c1-2-3-4-5-6-7-8-9-10-11-12-13-14-15-16-17-18-19-20-21-22-24(26(29)30)23-25(27)28;;/h21-22,24H,2-20,23H2,1H3,(H,27,28)(H,29,30);;/q;2*+1/p-2/b22-21+;;. The van der Waals surface area contributed by atoms with Gasteiger partial charge in [0, 0.05) is 17.9 Å². The number of rotatable bonds is 23. The van der Waals surface area contributed by atoms with Crippen LogP contribution in [0, 0.1) is 5.92 Å². The van der Waals surface area contributed by atoms with Gasteiger partial charge in [0.05, 0.1) is 0 Å². The summed E-state index contributed by atoms with van der Waals surface area (Å²) in [4.78, 5) is 21.3. The summed E-state index contributed by atoms with van der Waals surface area (Å²) in [5.41, 5.74) is 0. The molecule has 0 fully saturated rings. The molecular formula is C26H46Li2O4. The van der Waals surface area contributed by atoms with Crippen LogP contribution in [0.1, 0.15) is 135 Å². The first-order valence-electron chi connectivity index (χ1n) is 12.6. The Morgan fingerprint density at radius 2 is 0.969 bits per heavy atom. The van der Waals surface area contributed by atoms with E-state index in [2.05, 4.69) is 6.92 Å². The van der Waals surface area contributed by atoms with E-state index in [0.29, 0.717) is 0 Å². The topological polar surface area (TPSA) is 80.3 Å². The summed E-state index contributed by atoms with van der Waals surface area (Å²) in [6, 6.07) is 0. The molecule has 1 unspecified atom stereocenters. The molecule has 4 nitrogen and oxygen atoms in total. The summed E-state index contributed by atoms with van der Waals surface area (Å²) in [5, 5.41) is 21.3. The molecule has 0 saturated carbocycles. The predicted octanol–water partition coefficient (Wildman–Crippen LogP) is -0.511. The van der Waals surface area contributed by atoms with Crippen LogP contribution in [-0.4, -0.2) is 11.9 Å². The molecule has 0 aromatic rings. The number of unbranched alkanes of at least 4 members (excludes halogenated alkanes) is 18. The summed E-state index contributed by atoms with van der Waals surface area (Å²) in [6.45, 7) is 2.27. The average molecular weight is 437 g/mol. The summed E-state index contributed by atoms with van der Waals surface area (Å²) < 4.78 is 0. The molecule has 0 heterocycles. The molecule has 0 bridgehead atoms. The predicted molar refractivity (Wildman–Crippen MR) is 121 cm³/mol. The minimum Gasteiger partial charge on any atom is -0.550 e. The van der Waals surface area contributed by atoms with Crippen LogP contribution in [0.25, 0.3) is 0 Å². The Labute approximate surface area is 222 Å². The van der Waals surface area contributed by atoms with E-state index in [-0.39, 0.29) is 37.7 Å². The van der Waals surface area contributed by atoms with Gasteiger partial charge in [-0.2, -0.15) is 0 Å². The number of aliphatic carboxylic acids is 2. The van der Waals surface area contributed by atoms with Crippen LogP contribution in [0.4, 0.5) is 0 Å². The fourth-order valence-electron chi connectivity index (χ4n) is 3.83. The Morgan fingerprint density at radius 3 is 1.28 bits per heavy atom. The molecule has 0 aliphatic heterocycles. The van der Waals surface area contributed by atoms with Crippen LogP contribution in [0.2, 0.25) is 0 Å². The fraction of sp³-hybridized carbons (Fsp3) is 0.846. The van der Waals surface area contributed by atoms with E-state index in [9.17, 15) is 19.8 Å². The number of carbonyl (C=O) groups is 2. The van der Waals surface area contributed by atoms with Crippen molar-refractivity contribution in [2.75, 3.05) is 0 Å². The minimum absolute atomic E-state index is 0. The maximum atomic E-state index is 10.8. The largest absolute Gasteiger partial charge is 1.00 e.